The van der Waals surface area contributed by atoms with Crippen LogP contribution in [-0.2, 0) is 31.3 Å². The molecule has 0 aliphatic rings. The minimum Gasteiger partial charge on any atom is -0.512 e. The number of fused-ring (bicyclic) bond motifs is 2. The fourth-order valence-corrected chi connectivity index (χ4v) is 7.20. The second-order valence-electron chi connectivity index (χ2n) is 16.0. The number of carbonyl (C=O) groups is 1. The molecule has 4 aromatic carbocycles. The van der Waals surface area contributed by atoms with E-state index in [0.717, 1.165) is 71.0 Å². The Morgan fingerprint density at radius 2 is 1.38 bits per heavy atom. The van der Waals surface area contributed by atoms with Crippen LogP contribution in [0.5, 0.6) is 0 Å². The smallest absolute Gasteiger partial charge is 0.162 e. The number of aliphatic hydroxyl groups is 1. The number of nitrogens with zero attached hydrogens (tertiary/aromatic N) is 1. The van der Waals surface area contributed by atoms with Gasteiger partial charge >= 0.3 is 0 Å². The molecule has 0 bridgehead atoms. The van der Waals surface area contributed by atoms with Crippen LogP contribution in [0.4, 0.5) is 0 Å². The summed E-state index contributed by atoms with van der Waals surface area (Å²) in [6.07, 6.45) is 7.84. The van der Waals surface area contributed by atoms with Gasteiger partial charge in [-0.2, -0.15) is 0 Å². The maximum absolute atomic E-state index is 11.7. The Labute approximate surface area is 342 Å². The van der Waals surface area contributed by atoms with Crippen molar-refractivity contribution in [2.24, 2.45) is 17.3 Å². The van der Waals surface area contributed by atoms with Gasteiger partial charge in [-0.3, -0.25) is 9.78 Å². The predicted octanol–water partition coefficient (Wildman–Crippen LogP) is 14.4. The molecule has 2 heterocycles. The second-order valence-corrected chi connectivity index (χ2v) is 16.0. The third-order valence-corrected chi connectivity index (χ3v) is 10.4. The van der Waals surface area contributed by atoms with Crippen LogP contribution in [0.2, 0.25) is 0 Å². The number of allylic oxidation sites excluding steroid dienone is 2. The Bertz CT molecular complexity index is 2180. The molecule has 1 N–H and O–H groups in total. The standard InChI is InChI=1S/C37H34NO.C13H24O2.Ir/c1-24(2)33-21-31(20-29-8-6-7-9-32(29)33)35-36-30(18-19-38-35)22-34(39-36)28-16-14-27(15-17-28)26-12-10-25(11-13-26)23-37(3,4)5;1-5-10(6-2)12(14)9-13(15)11(7-3)8-4;/h6-19,21-22,24H,23H2,1-5H3;9-11,14H,5-8H2,1-4H3;/q-1;;/b;12-9-;. The van der Waals surface area contributed by atoms with E-state index in [2.05, 4.69) is 126 Å². The summed E-state index contributed by atoms with van der Waals surface area (Å²) in [5, 5.41) is 13.1. The molecule has 0 amide bonds. The van der Waals surface area contributed by atoms with Crippen LogP contribution in [0.25, 0.3) is 55.4 Å². The molecule has 0 fully saturated rings. The third kappa shape index (κ3) is 10.9. The van der Waals surface area contributed by atoms with E-state index in [-0.39, 0.29) is 48.9 Å². The van der Waals surface area contributed by atoms with E-state index in [1.807, 2.05) is 40.0 Å². The number of hydrogen-bond donors (Lipinski definition) is 1. The number of ketones is 1. The topological polar surface area (TPSA) is 63.3 Å². The molecule has 55 heavy (non-hydrogen) atoms. The molecule has 4 nitrogen and oxygen atoms in total. The molecule has 6 aromatic rings. The summed E-state index contributed by atoms with van der Waals surface area (Å²) in [4.78, 5) is 16.5. The van der Waals surface area contributed by atoms with Crippen molar-refractivity contribution in [2.75, 3.05) is 0 Å². The van der Waals surface area contributed by atoms with Crippen LogP contribution >= 0.6 is 0 Å². The molecule has 291 valence electrons. The summed E-state index contributed by atoms with van der Waals surface area (Å²) < 4.78 is 6.48. The monoisotopic (exact) mass is 913 g/mol. The predicted molar refractivity (Wildman–Crippen MR) is 228 cm³/mol. The molecule has 2 aromatic heterocycles. The number of aromatic nitrogens is 1. The second kappa shape index (κ2) is 19.5. The van der Waals surface area contributed by atoms with Crippen molar-refractivity contribution in [3.05, 3.63) is 126 Å². The number of aliphatic hydroxyl groups excluding tert-OH is 1. The Balaban J connectivity index is 0.000000360. The Morgan fingerprint density at radius 1 is 0.800 bits per heavy atom. The van der Waals surface area contributed by atoms with Gasteiger partial charge in [0.25, 0.3) is 0 Å². The van der Waals surface area contributed by atoms with E-state index in [1.165, 1.54) is 33.7 Å². The number of hydrogen-bond acceptors (Lipinski definition) is 4. The van der Waals surface area contributed by atoms with Gasteiger partial charge in [-0.05, 0) is 72.3 Å². The molecule has 0 saturated carbocycles. The van der Waals surface area contributed by atoms with Crippen molar-refractivity contribution in [3.8, 4) is 33.7 Å². The van der Waals surface area contributed by atoms with Crippen LogP contribution in [-0.4, -0.2) is 15.9 Å². The SMILES string of the molecule is CC(C)c1cc(-c2nccc3cc(-c4ccc(-c5ccc(CC(C)(C)C)cc5)cc4)oc23)[c-]c2ccccc12.CCC(CC)C(=O)/C=C(\O)C(CC)CC.[Ir]. The van der Waals surface area contributed by atoms with Gasteiger partial charge in [-0.1, -0.05) is 140 Å². The first-order valence-electron chi connectivity index (χ1n) is 19.8. The molecule has 0 aliphatic carbocycles. The molecule has 1 radical (unpaired) electrons. The van der Waals surface area contributed by atoms with Crippen molar-refractivity contribution in [3.63, 3.8) is 0 Å². The van der Waals surface area contributed by atoms with Gasteiger partial charge in [-0.25, -0.2) is 0 Å². The summed E-state index contributed by atoms with van der Waals surface area (Å²) in [6.45, 7) is 19.4. The molecule has 0 unspecified atom stereocenters. The maximum Gasteiger partial charge on any atom is 0.162 e. The number of furan rings is 1. The van der Waals surface area contributed by atoms with Gasteiger partial charge in [0, 0.05) is 60.9 Å². The first-order valence-corrected chi connectivity index (χ1v) is 19.8. The van der Waals surface area contributed by atoms with Gasteiger partial charge < -0.3 is 9.52 Å². The quantitative estimate of drug-likeness (QED) is 0.0755. The average molecular weight is 913 g/mol. The van der Waals surface area contributed by atoms with Crippen LogP contribution in [0.3, 0.4) is 0 Å². The fraction of sp³-hybridized carbons (Fsp3) is 0.360. The zero-order chi connectivity index (χ0) is 39.0. The first kappa shape index (κ1) is 43.4. The number of carbonyl (C=O) groups excluding carboxylic acids is 1. The normalized spacial score (nSPS) is 12.0. The fourth-order valence-electron chi connectivity index (χ4n) is 7.20. The molecule has 5 heteroatoms. The minimum atomic E-state index is 0. The van der Waals surface area contributed by atoms with Crippen LogP contribution < -0.4 is 0 Å². The van der Waals surface area contributed by atoms with Gasteiger partial charge in [0.15, 0.2) is 5.78 Å². The molecule has 0 atom stereocenters. The van der Waals surface area contributed by atoms with Crippen LogP contribution in [0.15, 0.2) is 113 Å². The zero-order valence-electron chi connectivity index (χ0n) is 34.1. The summed E-state index contributed by atoms with van der Waals surface area (Å²) in [5.41, 5.74) is 9.03. The molecule has 0 saturated heterocycles. The largest absolute Gasteiger partial charge is 0.512 e. The average Bonchev–Trinajstić information content (AvgIpc) is 3.60. The number of rotatable bonds is 12. The van der Waals surface area contributed by atoms with Gasteiger partial charge in [0.1, 0.15) is 11.3 Å². The summed E-state index contributed by atoms with van der Waals surface area (Å²) in [6, 6.07) is 36.0. The maximum atomic E-state index is 11.7. The van der Waals surface area contributed by atoms with E-state index in [1.54, 1.807) is 0 Å². The zero-order valence-corrected chi connectivity index (χ0v) is 36.5. The molecule has 0 spiro atoms. The summed E-state index contributed by atoms with van der Waals surface area (Å²) in [5.74, 6) is 1.78. The van der Waals surface area contributed by atoms with Crippen LogP contribution in [0, 0.1) is 23.3 Å². The molecular weight excluding hydrogens is 855 g/mol. The molecule has 6 rings (SSSR count). The summed E-state index contributed by atoms with van der Waals surface area (Å²) >= 11 is 0. The minimum absolute atomic E-state index is 0. The van der Waals surface area contributed by atoms with Gasteiger partial charge in [-0.15, -0.1) is 29.1 Å². The first-order chi connectivity index (χ1) is 25.8. The van der Waals surface area contributed by atoms with Crippen LogP contribution in [0.1, 0.15) is 105 Å². The molecular formula is C50H58IrNO3-. The van der Waals surface area contributed by atoms with Crippen molar-refractivity contribution in [2.45, 2.75) is 100 Å². The summed E-state index contributed by atoms with van der Waals surface area (Å²) in [7, 11) is 0. The van der Waals surface area contributed by atoms with Crippen molar-refractivity contribution in [1.82, 2.24) is 4.98 Å². The van der Waals surface area contributed by atoms with Crippen molar-refractivity contribution in [1.29, 1.82) is 0 Å². The Kier molecular flexibility index (Phi) is 15.4. The molecule has 0 aliphatic heterocycles. The number of pyridine rings is 1. The van der Waals surface area contributed by atoms with E-state index in [4.69, 9.17) is 9.40 Å². The van der Waals surface area contributed by atoms with E-state index in [9.17, 15) is 9.90 Å². The Morgan fingerprint density at radius 3 is 1.96 bits per heavy atom. The Hall–Kier alpha value is -4.31. The van der Waals surface area contributed by atoms with Crippen molar-refractivity contribution >= 4 is 27.5 Å². The van der Waals surface area contributed by atoms with Gasteiger partial charge in [0.05, 0.1) is 5.76 Å². The number of benzene rings is 4. The third-order valence-electron chi connectivity index (χ3n) is 10.4. The van der Waals surface area contributed by atoms with Crippen molar-refractivity contribution < 1.29 is 34.4 Å². The van der Waals surface area contributed by atoms with E-state index < -0.39 is 0 Å². The van der Waals surface area contributed by atoms with E-state index in [0.29, 0.717) is 5.92 Å². The van der Waals surface area contributed by atoms with Gasteiger partial charge in [0.2, 0.25) is 0 Å². The van der Waals surface area contributed by atoms with E-state index >= 15 is 0 Å².